The Labute approximate surface area is 158 Å². The van der Waals surface area contributed by atoms with Crippen LogP contribution < -0.4 is 0 Å². The Balaban J connectivity index is 1.38. The van der Waals surface area contributed by atoms with Gasteiger partial charge in [0.05, 0.1) is 0 Å². The van der Waals surface area contributed by atoms with Crippen LogP contribution in [0.15, 0.2) is 71.2 Å². The zero-order valence-corrected chi connectivity index (χ0v) is 16.0. The highest BCUT2D eigenvalue weighted by Crippen LogP contribution is 2.22. The second kappa shape index (κ2) is 7.69. The molecule has 3 aromatic carbocycles. The van der Waals surface area contributed by atoms with Gasteiger partial charge in [-0.05, 0) is 28.0 Å². The van der Waals surface area contributed by atoms with E-state index < -0.39 is 0 Å². The molecule has 0 aliphatic carbocycles. The maximum atomic E-state index is 3.67. The maximum Gasteiger partial charge on any atom is 0.0246 e. The van der Waals surface area contributed by atoms with Crippen LogP contribution in [0.5, 0.6) is 0 Å². The molecule has 3 heteroatoms. The number of hydrogen-bond donors (Lipinski definition) is 0. The lowest BCUT2D eigenvalue weighted by atomic mass is 10.0. The topological polar surface area (TPSA) is 6.48 Å². The maximum absolute atomic E-state index is 3.67. The van der Waals surface area contributed by atoms with Crippen LogP contribution in [0.1, 0.15) is 11.1 Å². The van der Waals surface area contributed by atoms with Gasteiger partial charge in [0.25, 0.3) is 0 Å². The SMILES string of the molecule is Brc1ccccc1CN1CCN(Cc2cccc3ccccc23)CC1. The van der Waals surface area contributed by atoms with Crippen LogP contribution in [0.25, 0.3) is 10.8 Å². The van der Waals surface area contributed by atoms with Crippen molar-refractivity contribution in [1.29, 1.82) is 0 Å². The zero-order chi connectivity index (χ0) is 17.1. The largest absolute Gasteiger partial charge is 0.297 e. The van der Waals surface area contributed by atoms with Gasteiger partial charge in [-0.2, -0.15) is 0 Å². The van der Waals surface area contributed by atoms with Gasteiger partial charge >= 0.3 is 0 Å². The van der Waals surface area contributed by atoms with Crippen LogP contribution in [-0.2, 0) is 13.1 Å². The molecular weight excluding hydrogens is 372 g/mol. The minimum Gasteiger partial charge on any atom is -0.297 e. The standard InChI is InChI=1S/C22H23BrN2/c23-22-11-4-2-7-20(22)17-25-14-12-24(13-15-25)16-19-9-5-8-18-6-1-3-10-21(18)19/h1-11H,12-17H2. The van der Waals surface area contributed by atoms with Crippen LogP contribution >= 0.6 is 15.9 Å². The number of rotatable bonds is 4. The van der Waals surface area contributed by atoms with Crippen LogP contribution in [0, 0.1) is 0 Å². The summed E-state index contributed by atoms with van der Waals surface area (Å²) in [5.41, 5.74) is 2.82. The van der Waals surface area contributed by atoms with E-state index >= 15 is 0 Å². The number of halogens is 1. The first kappa shape index (κ1) is 16.8. The van der Waals surface area contributed by atoms with Gasteiger partial charge in [-0.1, -0.05) is 76.6 Å². The zero-order valence-electron chi connectivity index (χ0n) is 14.4. The Morgan fingerprint density at radius 2 is 1.20 bits per heavy atom. The second-order valence-electron chi connectivity index (χ2n) is 6.78. The summed E-state index contributed by atoms with van der Waals surface area (Å²) in [6.07, 6.45) is 0. The van der Waals surface area contributed by atoms with Gasteiger partial charge in [-0.15, -0.1) is 0 Å². The Kier molecular flexibility index (Phi) is 5.16. The summed E-state index contributed by atoms with van der Waals surface area (Å²) in [6, 6.07) is 23.9. The van der Waals surface area contributed by atoms with Crippen molar-refractivity contribution in [3.05, 3.63) is 82.3 Å². The van der Waals surface area contributed by atoms with E-state index in [0.717, 1.165) is 39.3 Å². The fraction of sp³-hybridized carbons (Fsp3) is 0.273. The van der Waals surface area contributed by atoms with E-state index in [-0.39, 0.29) is 0 Å². The van der Waals surface area contributed by atoms with Crippen LogP contribution in [0.4, 0.5) is 0 Å². The molecule has 1 aliphatic heterocycles. The highest BCUT2D eigenvalue weighted by atomic mass is 79.9. The van der Waals surface area contributed by atoms with E-state index in [1.807, 2.05) is 0 Å². The van der Waals surface area contributed by atoms with Crippen molar-refractivity contribution < 1.29 is 0 Å². The molecule has 2 nitrogen and oxygen atoms in total. The number of nitrogens with zero attached hydrogens (tertiary/aromatic N) is 2. The van der Waals surface area contributed by atoms with Gasteiger partial charge in [0.1, 0.15) is 0 Å². The van der Waals surface area contributed by atoms with E-state index in [9.17, 15) is 0 Å². The van der Waals surface area contributed by atoms with Crippen molar-refractivity contribution in [2.24, 2.45) is 0 Å². The normalized spacial score (nSPS) is 16.4. The highest BCUT2D eigenvalue weighted by molar-refractivity contribution is 9.10. The van der Waals surface area contributed by atoms with Gasteiger partial charge in [0, 0.05) is 43.7 Å². The quantitative estimate of drug-likeness (QED) is 0.619. The molecule has 0 amide bonds. The fourth-order valence-corrected chi connectivity index (χ4v) is 4.05. The van der Waals surface area contributed by atoms with Crippen molar-refractivity contribution in [3.8, 4) is 0 Å². The number of hydrogen-bond acceptors (Lipinski definition) is 2. The molecule has 0 spiro atoms. The van der Waals surface area contributed by atoms with Gasteiger partial charge in [-0.25, -0.2) is 0 Å². The first-order valence-corrected chi connectivity index (χ1v) is 9.74. The van der Waals surface area contributed by atoms with Gasteiger partial charge in [-0.3, -0.25) is 9.80 Å². The molecule has 3 aromatic rings. The molecule has 0 unspecified atom stereocenters. The summed E-state index contributed by atoms with van der Waals surface area (Å²) in [5.74, 6) is 0. The average molecular weight is 395 g/mol. The van der Waals surface area contributed by atoms with E-state index in [4.69, 9.17) is 0 Å². The molecule has 1 saturated heterocycles. The van der Waals surface area contributed by atoms with E-state index in [1.54, 1.807) is 0 Å². The number of fused-ring (bicyclic) bond motifs is 1. The van der Waals surface area contributed by atoms with E-state index in [0.29, 0.717) is 0 Å². The Morgan fingerprint density at radius 1 is 0.640 bits per heavy atom. The summed E-state index contributed by atoms with van der Waals surface area (Å²) in [6.45, 7) is 6.60. The molecule has 0 atom stereocenters. The molecule has 0 N–H and O–H groups in total. The first-order chi connectivity index (χ1) is 12.3. The van der Waals surface area contributed by atoms with Gasteiger partial charge in [0.15, 0.2) is 0 Å². The van der Waals surface area contributed by atoms with E-state index in [1.165, 1.54) is 26.4 Å². The Hall–Kier alpha value is -1.68. The predicted octanol–water partition coefficient (Wildman–Crippen LogP) is 4.92. The van der Waals surface area contributed by atoms with Crippen LogP contribution in [0.3, 0.4) is 0 Å². The lowest BCUT2D eigenvalue weighted by Crippen LogP contribution is -2.45. The smallest absolute Gasteiger partial charge is 0.0246 e. The van der Waals surface area contributed by atoms with Crippen molar-refractivity contribution >= 4 is 26.7 Å². The summed E-state index contributed by atoms with van der Waals surface area (Å²) < 4.78 is 1.22. The monoisotopic (exact) mass is 394 g/mol. The van der Waals surface area contributed by atoms with E-state index in [2.05, 4.69) is 92.5 Å². The summed E-state index contributed by atoms with van der Waals surface area (Å²) >= 11 is 3.67. The molecule has 0 saturated carbocycles. The average Bonchev–Trinajstić information content (AvgIpc) is 2.65. The molecule has 0 aromatic heterocycles. The third-order valence-corrected chi connectivity index (χ3v) is 5.86. The van der Waals surface area contributed by atoms with Crippen molar-refractivity contribution in [2.75, 3.05) is 26.2 Å². The molecule has 0 radical (unpaired) electrons. The Bertz CT molecular complexity index is 848. The first-order valence-electron chi connectivity index (χ1n) is 8.94. The molecule has 128 valence electrons. The minimum absolute atomic E-state index is 1.03. The van der Waals surface area contributed by atoms with Crippen molar-refractivity contribution in [3.63, 3.8) is 0 Å². The summed E-state index contributed by atoms with van der Waals surface area (Å²) in [5, 5.41) is 2.73. The van der Waals surface area contributed by atoms with Crippen LogP contribution in [-0.4, -0.2) is 36.0 Å². The molecule has 0 bridgehead atoms. The second-order valence-corrected chi connectivity index (χ2v) is 7.64. The lowest BCUT2D eigenvalue weighted by molar-refractivity contribution is 0.122. The minimum atomic E-state index is 1.03. The molecule has 1 aliphatic rings. The third kappa shape index (κ3) is 3.95. The molecule has 25 heavy (non-hydrogen) atoms. The molecule has 4 rings (SSSR count). The number of benzene rings is 3. The summed E-state index contributed by atoms with van der Waals surface area (Å²) in [7, 11) is 0. The Morgan fingerprint density at radius 3 is 1.96 bits per heavy atom. The molecule has 1 heterocycles. The fourth-order valence-electron chi connectivity index (χ4n) is 3.64. The molecule has 1 fully saturated rings. The molecular formula is C22H23BrN2. The van der Waals surface area contributed by atoms with Crippen LogP contribution in [0.2, 0.25) is 0 Å². The van der Waals surface area contributed by atoms with Crippen molar-refractivity contribution in [2.45, 2.75) is 13.1 Å². The third-order valence-electron chi connectivity index (χ3n) is 5.09. The highest BCUT2D eigenvalue weighted by Gasteiger charge is 2.18. The van der Waals surface area contributed by atoms with Gasteiger partial charge in [0.2, 0.25) is 0 Å². The summed E-state index contributed by atoms with van der Waals surface area (Å²) in [4.78, 5) is 5.14. The van der Waals surface area contributed by atoms with Crippen molar-refractivity contribution in [1.82, 2.24) is 9.80 Å². The number of piperazine rings is 1. The lowest BCUT2D eigenvalue weighted by Gasteiger charge is -2.35. The predicted molar refractivity (Wildman–Crippen MR) is 109 cm³/mol. The van der Waals surface area contributed by atoms with Gasteiger partial charge < -0.3 is 0 Å².